The van der Waals surface area contributed by atoms with E-state index in [0.717, 1.165) is 18.3 Å². The lowest BCUT2D eigenvalue weighted by molar-refractivity contribution is -0.137. The summed E-state index contributed by atoms with van der Waals surface area (Å²) in [4.78, 5) is 11.3. The number of hydrazone groups is 1. The Hall–Kier alpha value is -3.23. The number of halogens is 4. The molecule has 14 heteroatoms. The number of benzene rings is 1. The molecule has 3 N–H and O–H groups in total. The minimum absolute atomic E-state index is 0.0958. The summed E-state index contributed by atoms with van der Waals surface area (Å²) in [6.07, 6.45) is -2.97. The van der Waals surface area contributed by atoms with Crippen LogP contribution in [0.1, 0.15) is 5.56 Å². The molecule has 0 saturated carbocycles. The predicted molar refractivity (Wildman–Crippen MR) is 116 cm³/mol. The summed E-state index contributed by atoms with van der Waals surface area (Å²) in [5.74, 6) is -0.292. The van der Waals surface area contributed by atoms with Crippen LogP contribution in [0.4, 0.5) is 35.0 Å². The number of β-amino-alcohol motifs (C(OH)–C–C–N with tert-alkyl or cyclic N) is 1. The van der Waals surface area contributed by atoms with E-state index < -0.39 is 23.8 Å². The van der Waals surface area contributed by atoms with E-state index in [-0.39, 0.29) is 24.0 Å². The Balaban J connectivity index is 1.30. The van der Waals surface area contributed by atoms with Crippen LogP contribution in [0.3, 0.4) is 0 Å². The van der Waals surface area contributed by atoms with Crippen molar-refractivity contribution >= 4 is 23.8 Å². The SMILES string of the molecule is OC1CN(Nc2cccc(C(F)(F)F)c2)CCN1C=NNc1ncc(F)c(N2CCOCC2)n1. The molecule has 1 aromatic heterocycles. The Labute approximate surface area is 192 Å². The fourth-order valence-electron chi connectivity index (χ4n) is 3.53. The van der Waals surface area contributed by atoms with Crippen LogP contribution in [0.15, 0.2) is 35.6 Å². The van der Waals surface area contributed by atoms with E-state index in [4.69, 9.17) is 4.74 Å². The minimum atomic E-state index is -4.43. The number of nitrogens with zero attached hydrogens (tertiary/aromatic N) is 6. The number of aromatic nitrogens is 2. The summed E-state index contributed by atoms with van der Waals surface area (Å²) >= 11 is 0. The second-order valence-corrected chi connectivity index (χ2v) is 7.68. The molecule has 0 bridgehead atoms. The van der Waals surface area contributed by atoms with Crippen molar-refractivity contribution in [3.8, 4) is 0 Å². The van der Waals surface area contributed by atoms with E-state index in [9.17, 15) is 22.7 Å². The highest BCUT2D eigenvalue weighted by Gasteiger charge is 2.31. The molecule has 0 spiro atoms. The average Bonchev–Trinajstić information content (AvgIpc) is 2.82. The third-order valence-electron chi connectivity index (χ3n) is 5.28. The first-order chi connectivity index (χ1) is 16.3. The highest BCUT2D eigenvalue weighted by molar-refractivity contribution is 5.57. The Kier molecular flexibility index (Phi) is 7.29. The highest BCUT2D eigenvalue weighted by Crippen LogP contribution is 2.30. The van der Waals surface area contributed by atoms with Gasteiger partial charge in [-0.05, 0) is 18.2 Å². The van der Waals surface area contributed by atoms with Gasteiger partial charge in [-0.1, -0.05) is 6.07 Å². The number of hydrogen-bond donors (Lipinski definition) is 3. The molecule has 2 aliphatic heterocycles. The van der Waals surface area contributed by atoms with Crippen LogP contribution in [-0.2, 0) is 10.9 Å². The number of morpholine rings is 1. The maximum Gasteiger partial charge on any atom is 0.416 e. The molecule has 2 saturated heterocycles. The van der Waals surface area contributed by atoms with Gasteiger partial charge in [0.15, 0.2) is 11.6 Å². The van der Waals surface area contributed by atoms with E-state index >= 15 is 0 Å². The van der Waals surface area contributed by atoms with Crippen molar-refractivity contribution in [1.29, 1.82) is 0 Å². The third-order valence-corrected chi connectivity index (χ3v) is 5.28. The zero-order chi connectivity index (χ0) is 24.1. The summed E-state index contributed by atoms with van der Waals surface area (Å²) in [7, 11) is 0. The minimum Gasteiger partial charge on any atom is -0.378 e. The molecule has 0 radical (unpaired) electrons. The van der Waals surface area contributed by atoms with Crippen molar-refractivity contribution in [3.05, 3.63) is 41.8 Å². The molecule has 3 heterocycles. The molecule has 10 nitrogen and oxygen atoms in total. The Morgan fingerprint density at radius 2 is 1.97 bits per heavy atom. The fraction of sp³-hybridized carbons (Fsp3) is 0.450. The zero-order valence-electron chi connectivity index (χ0n) is 18.0. The van der Waals surface area contributed by atoms with Gasteiger partial charge in [0.2, 0.25) is 5.95 Å². The first-order valence-corrected chi connectivity index (χ1v) is 10.6. The van der Waals surface area contributed by atoms with Gasteiger partial charge in [-0.2, -0.15) is 23.3 Å². The molecule has 1 unspecified atom stereocenters. The molecule has 184 valence electrons. The summed E-state index contributed by atoms with van der Waals surface area (Å²) in [5, 5.41) is 16.0. The third kappa shape index (κ3) is 6.01. The van der Waals surface area contributed by atoms with E-state index in [2.05, 4.69) is 25.9 Å². The number of aliphatic hydroxyl groups excluding tert-OH is 1. The number of nitrogens with one attached hydrogen (secondary N) is 2. The number of ether oxygens (including phenoxy) is 1. The first kappa shape index (κ1) is 23.9. The molecule has 2 fully saturated rings. The summed E-state index contributed by atoms with van der Waals surface area (Å²) in [6, 6.07) is 4.85. The molecule has 0 aliphatic carbocycles. The van der Waals surface area contributed by atoms with Crippen molar-refractivity contribution in [2.45, 2.75) is 12.4 Å². The Morgan fingerprint density at radius 3 is 2.71 bits per heavy atom. The topological polar surface area (TPSA) is 101 Å². The van der Waals surface area contributed by atoms with Crippen LogP contribution >= 0.6 is 0 Å². The smallest absolute Gasteiger partial charge is 0.378 e. The first-order valence-electron chi connectivity index (χ1n) is 10.6. The number of rotatable bonds is 6. The van der Waals surface area contributed by atoms with Crippen molar-refractivity contribution in [1.82, 2.24) is 19.9 Å². The molecule has 4 rings (SSSR count). The quantitative estimate of drug-likeness (QED) is 0.245. The van der Waals surface area contributed by atoms with Crippen LogP contribution in [0.25, 0.3) is 0 Å². The second kappa shape index (κ2) is 10.4. The molecule has 2 aromatic rings. The lowest BCUT2D eigenvalue weighted by atomic mass is 10.2. The Bertz CT molecular complexity index is 1000. The van der Waals surface area contributed by atoms with Crippen LogP contribution in [0.5, 0.6) is 0 Å². The van der Waals surface area contributed by atoms with E-state index in [0.29, 0.717) is 39.4 Å². The predicted octanol–water partition coefficient (Wildman–Crippen LogP) is 1.79. The maximum absolute atomic E-state index is 14.1. The largest absolute Gasteiger partial charge is 0.416 e. The van der Waals surface area contributed by atoms with Gasteiger partial charge < -0.3 is 25.1 Å². The summed E-state index contributed by atoms with van der Waals surface area (Å²) in [6.45, 7) is 2.88. The monoisotopic (exact) mass is 484 g/mol. The fourth-order valence-corrected chi connectivity index (χ4v) is 3.53. The van der Waals surface area contributed by atoms with Crippen LogP contribution in [-0.4, -0.2) is 83.5 Å². The molecule has 1 aromatic carbocycles. The van der Waals surface area contributed by atoms with Gasteiger partial charge in [-0.15, -0.1) is 0 Å². The van der Waals surface area contributed by atoms with Crippen molar-refractivity contribution in [3.63, 3.8) is 0 Å². The number of hydrogen-bond acceptors (Lipinski definition) is 9. The molecular formula is C20H24F4N8O2. The van der Waals surface area contributed by atoms with Crippen LogP contribution in [0, 0.1) is 5.82 Å². The molecular weight excluding hydrogens is 460 g/mol. The second-order valence-electron chi connectivity index (χ2n) is 7.68. The van der Waals surface area contributed by atoms with Gasteiger partial charge in [0.05, 0.1) is 31.5 Å². The average molecular weight is 484 g/mol. The summed E-state index contributed by atoms with van der Waals surface area (Å²) < 4.78 is 58.1. The van der Waals surface area contributed by atoms with Gasteiger partial charge in [0.25, 0.3) is 0 Å². The van der Waals surface area contributed by atoms with E-state index in [1.807, 2.05) is 0 Å². The molecule has 0 amide bonds. The van der Waals surface area contributed by atoms with E-state index in [1.54, 1.807) is 14.8 Å². The lowest BCUT2D eigenvalue weighted by Crippen LogP contribution is -2.54. The van der Waals surface area contributed by atoms with Crippen molar-refractivity contribution in [2.24, 2.45) is 5.10 Å². The normalized spacial score (nSPS) is 20.1. The lowest BCUT2D eigenvalue weighted by Gasteiger charge is -2.37. The highest BCUT2D eigenvalue weighted by atomic mass is 19.4. The van der Waals surface area contributed by atoms with Crippen LogP contribution < -0.4 is 15.8 Å². The standard InChI is InChI=1S/C20H24F4N8O2/c21-16-11-25-19(27-18(16)30-6-8-34-9-7-30)28-26-13-31-4-5-32(12-17(31)33)29-15-3-1-2-14(10-15)20(22,23)24/h1-3,10-11,13,17,29,33H,4-9,12H2,(H,25,27,28). The zero-order valence-corrected chi connectivity index (χ0v) is 18.0. The van der Waals surface area contributed by atoms with Crippen molar-refractivity contribution in [2.75, 3.05) is 61.7 Å². The summed E-state index contributed by atoms with van der Waals surface area (Å²) in [5.41, 5.74) is 5.03. The maximum atomic E-state index is 14.1. The van der Waals surface area contributed by atoms with Gasteiger partial charge >= 0.3 is 6.18 Å². The van der Waals surface area contributed by atoms with Gasteiger partial charge in [-0.25, -0.2) is 19.8 Å². The van der Waals surface area contributed by atoms with Gasteiger partial charge in [0.1, 0.15) is 12.6 Å². The van der Waals surface area contributed by atoms with Crippen molar-refractivity contribution < 1.29 is 27.4 Å². The molecule has 2 aliphatic rings. The number of aliphatic hydroxyl groups is 1. The Morgan fingerprint density at radius 1 is 1.18 bits per heavy atom. The van der Waals surface area contributed by atoms with E-state index in [1.165, 1.54) is 18.5 Å². The molecule has 1 atom stereocenters. The number of alkyl halides is 3. The molecule has 34 heavy (non-hydrogen) atoms. The van der Waals surface area contributed by atoms with Gasteiger partial charge in [0, 0.05) is 31.9 Å². The van der Waals surface area contributed by atoms with Gasteiger partial charge in [-0.3, -0.25) is 0 Å². The number of anilines is 3. The number of hydrazine groups is 1. The van der Waals surface area contributed by atoms with Crippen LogP contribution in [0.2, 0.25) is 0 Å². The number of piperazine rings is 1.